The van der Waals surface area contributed by atoms with E-state index in [0.29, 0.717) is 22.9 Å². The van der Waals surface area contributed by atoms with Gasteiger partial charge in [0.2, 0.25) is 5.91 Å². The van der Waals surface area contributed by atoms with Gasteiger partial charge in [0.1, 0.15) is 16.8 Å². The minimum atomic E-state index is -1.04. The molecule has 0 aliphatic carbocycles. The first-order valence-corrected chi connectivity index (χ1v) is 9.15. The first kappa shape index (κ1) is 18.7. The van der Waals surface area contributed by atoms with E-state index in [9.17, 15) is 14.4 Å². The van der Waals surface area contributed by atoms with Crippen molar-refractivity contribution in [2.45, 2.75) is 26.0 Å². The van der Waals surface area contributed by atoms with Crippen LogP contribution in [0.25, 0.3) is 0 Å². The molecule has 0 spiro atoms. The molecule has 0 bridgehead atoms. The fourth-order valence-electron chi connectivity index (χ4n) is 2.71. The molecule has 2 atom stereocenters. The van der Waals surface area contributed by atoms with Gasteiger partial charge in [0.05, 0.1) is 24.3 Å². The smallest absolute Gasteiger partial charge is 0.312 e. The number of carbonyl (C=O) groups is 3. The summed E-state index contributed by atoms with van der Waals surface area (Å²) >= 11 is 1.21. The van der Waals surface area contributed by atoms with E-state index in [-0.39, 0.29) is 18.9 Å². The van der Waals surface area contributed by atoms with Crippen LogP contribution in [-0.4, -0.2) is 35.3 Å². The van der Waals surface area contributed by atoms with Crippen LogP contribution in [0.2, 0.25) is 0 Å². The fourth-order valence-corrected chi connectivity index (χ4v) is 3.45. The predicted molar refractivity (Wildman–Crippen MR) is 95.4 cm³/mol. The van der Waals surface area contributed by atoms with Gasteiger partial charge in [0.25, 0.3) is 5.91 Å². The Labute approximate surface area is 159 Å². The Hall–Kier alpha value is -3.12. The van der Waals surface area contributed by atoms with E-state index in [4.69, 9.17) is 14.4 Å². The molecule has 9 heteroatoms. The maximum Gasteiger partial charge on any atom is 0.312 e. The lowest BCUT2D eigenvalue weighted by Crippen LogP contribution is -2.33. The number of anilines is 1. The number of furan rings is 1. The number of amides is 2. The SMILES string of the molecule is C[C@H](OC(=O)[C@H]1CC(=O)N(Cc2ccco2)C1)C(=O)Nc1sccc1C#N. The number of esters is 1. The number of likely N-dealkylation sites (tertiary alicyclic amines) is 1. The van der Waals surface area contributed by atoms with Gasteiger partial charge in [-0.15, -0.1) is 11.3 Å². The number of nitrogens with zero attached hydrogens (tertiary/aromatic N) is 2. The normalized spacial score (nSPS) is 17.4. The molecular weight excluding hydrogens is 370 g/mol. The predicted octanol–water partition coefficient (Wildman–Crippen LogP) is 2.13. The van der Waals surface area contributed by atoms with Gasteiger partial charge < -0.3 is 19.4 Å². The highest BCUT2D eigenvalue weighted by atomic mass is 32.1. The van der Waals surface area contributed by atoms with Gasteiger partial charge in [-0.1, -0.05) is 0 Å². The molecular formula is C18H17N3O5S. The van der Waals surface area contributed by atoms with Gasteiger partial charge in [-0.25, -0.2) is 0 Å². The number of nitrogens with one attached hydrogen (secondary N) is 1. The van der Waals surface area contributed by atoms with Gasteiger partial charge in [-0.05, 0) is 30.5 Å². The van der Waals surface area contributed by atoms with Gasteiger partial charge in [0, 0.05) is 13.0 Å². The standard InChI is InChI=1S/C18H17N3O5S/c1-11(16(23)20-17-12(8-19)4-6-27-17)26-18(24)13-7-15(22)21(9-13)10-14-3-2-5-25-14/h2-6,11,13H,7,9-10H2,1H3,(H,20,23)/t11-,13-/m0/s1. The molecule has 140 valence electrons. The summed E-state index contributed by atoms with van der Waals surface area (Å²) in [5.41, 5.74) is 0.349. The van der Waals surface area contributed by atoms with Crippen molar-refractivity contribution in [3.05, 3.63) is 41.2 Å². The first-order valence-electron chi connectivity index (χ1n) is 8.27. The molecule has 1 aliphatic heterocycles. The van der Waals surface area contributed by atoms with Crippen molar-refractivity contribution < 1.29 is 23.5 Å². The van der Waals surface area contributed by atoms with Crippen LogP contribution in [0.15, 0.2) is 34.3 Å². The minimum Gasteiger partial charge on any atom is -0.467 e. The maximum atomic E-state index is 12.3. The zero-order valence-electron chi connectivity index (χ0n) is 14.5. The molecule has 1 aliphatic rings. The molecule has 2 amide bonds. The maximum absolute atomic E-state index is 12.3. The lowest BCUT2D eigenvalue weighted by Gasteiger charge is -2.17. The zero-order valence-corrected chi connectivity index (χ0v) is 15.3. The largest absolute Gasteiger partial charge is 0.467 e. The summed E-state index contributed by atoms with van der Waals surface area (Å²) in [5.74, 6) is -1.28. The molecule has 1 fully saturated rings. The van der Waals surface area contributed by atoms with Gasteiger partial charge in [0.15, 0.2) is 6.10 Å². The van der Waals surface area contributed by atoms with Crippen molar-refractivity contribution in [2.75, 3.05) is 11.9 Å². The summed E-state index contributed by atoms with van der Waals surface area (Å²) in [7, 11) is 0. The molecule has 0 saturated carbocycles. The van der Waals surface area contributed by atoms with E-state index in [0.717, 1.165) is 0 Å². The molecule has 0 unspecified atom stereocenters. The van der Waals surface area contributed by atoms with Gasteiger partial charge in [-0.2, -0.15) is 5.26 Å². The Morgan fingerprint density at radius 1 is 1.52 bits per heavy atom. The summed E-state index contributed by atoms with van der Waals surface area (Å²) in [6, 6.07) is 7.05. The zero-order chi connectivity index (χ0) is 19.4. The van der Waals surface area contributed by atoms with E-state index in [1.165, 1.54) is 29.4 Å². The van der Waals surface area contributed by atoms with Crippen molar-refractivity contribution >= 4 is 34.1 Å². The summed E-state index contributed by atoms with van der Waals surface area (Å²) in [6.45, 7) is 1.96. The molecule has 2 aromatic heterocycles. The summed E-state index contributed by atoms with van der Waals surface area (Å²) in [5, 5.41) is 13.6. The van der Waals surface area contributed by atoms with Gasteiger partial charge >= 0.3 is 5.97 Å². The Balaban J connectivity index is 1.53. The second kappa shape index (κ2) is 8.05. The van der Waals surface area contributed by atoms with Crippen molar-refractivity contribution in [1.29, 1.82) is 5.26 Å². The van der Waals surface area contributed by atoms with Crippen LogP contribution in [-0.2, 0) is 25.7 Å². The average Bonchev–Trinajstić information content (AvgIpc) is 3.37. The van der Waals surface area contributed by atoms with E-state index in [2.05, 4.69) is 5.32 Å². The molecule has 0 radical (unpaired) electrons. The summed E-state index contributed by atoms with van der Waals surface area (Å²) in [6.07, 6.45) is 0.519. The molecule has 1 saturated heterocycles. The molecule has 0 aromatic carbocycles. The van der Waals surface area contributed by atoms with Crippen LogP contribution in [0, 0.1) is 17.2 Å². The Morgan fingerprint density at radius 3 is 3.04 bits per heavy atom. The Morgan fingerprint density at radius 2 is 2.33 bits per heavy atom. The quantitative estimate of drug-likeness (QED) is 0.760. The highest BCUT2D eigenvalue weighted by Crippen LogP contribution is 2.24. The second-order valence-electron chi connectivity index (χ2n) is 6.10. The van der Waals surface area contributed by atoms with Crippen LogP contribution in [0.1, 0.15) is 24.7 Å². The number of nitriles is 1. The third kappa shape index (κ3) is 4.35. The topological polar surface area (TPSA) is 113 Å². The van der Waals surface area contributed by atoms with Crippen molar-refractivity contribution in [1.82, 2.24) is 4.90 Å². The van der Waals surface area contributed by atoms with Crippen LogP contribution in [0.4, 0.5) is 5.00 Å². The third-order valence-corrected chi connectivity index (χ3v) is 4.99. The van der Waals surface area contributed by atoms with Crippen LogP contribution in [0.5, 0.6) is 0 Å². The molecule has 3 heterocycles. The summed E-state index contributed by atoms with van der Waals surface area (Å²) < 4.78 is 10.4. The number of hydrogen-bond donors (Lipinski definition) is 1. The minimum absolute atomic E-state index is 0.0391. The monoisotopic (exact) mass is 387 g/mol. The van der Waals surface area contributed by atoms with Crippen LogP contribution in [0.3, 0.4) is 0 Å². The van der Waals surface area contributed by atoms with Crippen LogP contribution >= 0.6 is 11.3 Å². The van der Waals surface area contributed by atoms with E-state index in [1.807, 2.05) is 6.07 Å². The highest BCUT2D eigenvalue weighted by molar-refractivity contribution is 7.14. The van der Waals surface area contributed by atoms with Crippen LogP contribution < -0.4 is 5.32 Å². The molecule has 1 N–H and O–H groups in total. The van der Waals surface area contributed by atoms with Crippen molar-refractivity contribution in [2.24, 2.45) is 5.92 Å². The molecule has 3 rings (SSSR count). The van der Waals surface area contributed by atoms with E-state index < -0.39 is 23.9 Å². The highest BCUT2D eigenvalue weighted by Gasteiger charge is 2.37. The molecule has 8 nitrogen and oxygen atoms in total. The summed E-state index contributed by atoms with van der Waals surface area (Å²) in [4.78, 5) is 38.1. The molecule has 2 aromatic rings. The van der Waals surface area contributed by atoms with E-state index >= 15 is 0 Å². The van der Waals surface area contributed by atoms with E-state index in [1.54, 1.807) is 23.6 Å². The van der Waals surface area contributed by atoms with Crippen molar-refractivity contribution in [3.63, 3.8) is 0 Å². The second-order valence-corrected chi connectivity index (χ2v) is 7.01. The van der Waals surface area contributed by atoms with Crippen molar-refractivity contribution in [3.8, 4) is 6.07 Å². The first-order chi connectivity index (χ1) is 13.0. The fraction of sp³-hybridized carbons (Fsp3) is 0.333. The Bertz CT molecular complexity index is 883. The number of rotatable bonds is 6. The number of ether oxygens (including phenoxy) is 1. The average molecular weight is 387 g/mol. The number of carbonyl (C=O) groups excluding carboxylic acids is 3. The number of hydrogen-bond acceptors (Lipinski definition) is 7. The van der Waals surface area contributed by atoms with Gasteiger partial charge in [-0.3, -0.25) is 14.4 Å². The lowest BCUT2D eigenvalue weighted by atomic mass is 10.1. The lowest BCUT2D eigenvalue weighted by molar-refractivity contribution is -0.157. The third-order valence-electron chi connectivity index (χ3n) is 4.16. The Kier molecular flexibility index (Phi) is 5.57. The molecule has 27 heavy (non-hydrogen) atoms. The number of thiophene rings is 1.